The van der Waals surface area contributed by atoms with Gasteiger partial charge < -0.3 is 4.74 Å². The van der Waals surface area contributed by atoms with Crippen LogP contribution in [-0.4, -0.2) is 38.9 Å². The molecule has 31 heavy (non-hydrogen) atoms. The molecule has 8 heteroatoms. The number of sulfonamides is 1. The first kappa shape index (κ1) is 21.9. The zero-order valence-corrected chi connectivity index (χ0v) is 18.1. The Hall–Kier alpha value is -2.29. The molecule has 1 saturated heterocycles. The molecule has 0 spiro atoms. The number of ether oxygens (including phenoxy) is 1. The molecule has 0 aromatic heterocycles. The summed E-state index contributed by atoms with van der Waals surface area (Å²) in [6, 6.07) is 12.7. The smallest absolute Gasteiger partial charge is 0.256 e. The van der Waals surface area contributed by atoms with Crippen LogP contribution in [0.1, 0.15) is 42.5 Å². The van der Waals surface area contributed by atoms with Gasteiger partial charge in [-0.05, 0) is 74.4 Å². The van der Waals surface area contributed by atoms with Gasteiger partial charge in [-0.2, -0.15) is 0 Å². The van der Waals surface area contributed by atoms with E-state index in [2.05, 4.69) is 4.83 Å². The number of nitrogens with zero attached hydrogens (tertiary/aromatic N) is 1. The first-order valence-corrected chi connectivity index (χ1v) is 12.2. The summed E-state index contributed by atoms with van der Waals surface area (Å²) in [5, 5.41) is 1.64. The molecule has 1 saturated carbocycles. The minimum atomic E-state index is -3.92. The molecule has 1 N–H and O–H groups in total. The van der Waals surface area contributed by atoms with Crippen LogP contribution in [0, 0.1) is 17.7 Å². The number of benzene rings is 2. The van der Waals surface area contributed by atoms with Gasteiger partial charge in [-0.15, -0.1) is 4.83 Å². The molecule has 0 radical (unpaired) electrons. The van der Waals surface area contributed by atoms with Gasteiger partial charge >= 0.3 is 0 Å². The summed E-state index contributed by atoms with van der Waals surface area (Å²) in [6.07, 6.45) is 4.63. The number of hydrogen-bond donors (Lipinski definition) is 1. The van der Waals surface area contributed by atoms with Crippen molar-refractivity contribution in [3.8, 4) is 5.75 Å². The van der Waals surface area contributed by atoms with E-state index in [-0.39, 0.29) is 16.6 Å². The zero-order chi connectivity index (χ0) is 21.8. The Balaban J connectivity index is 1.18. The predicted molar refractivity (Wildman–Crippen MR) is 115 cm³/mol. The van der Waals surface area contributed by atoms with Crippen molar-refractivity contribution in [2.75, 3.05) is 19.7 Å². The van der Waals surface area contributed by atoms with E-state index in [4.69, 9.17) is 4.74 Å². The summed E-state index contributed by atoms with van der Waals surface area (Å²) in [4.78, 5) is 14.2. The van der Waals surface area contributed by atoms with Gasteiger partial charge in [0.15, 0.2) is 5.78 Å². The van der Waals surface area contributed by atoms with Gasteiger partial charge in [0.25, 0.3) is 10.0 Å². The molecule has 0 amide bonds. The first-order valence-electron chi connectivity index (χ1n) is 10.7. The third-order valence-electron chi connectivity index (χ3n) is 5.77. The van der Waals surface area contributed by atoms with Gasteiger partial charge in [0.05, 0.1) is 6.61 Å². The fourth-order valence-corrected chi connectivity index (χ4v) is 5.08. The first-order chi connectivity index (χ1) is 14.9. The molecule has 0 bridgehead atoms. The molecule has 2 fully saturated rings. The van der Waals surface area contributed by atoms with Crippen LogP contribution in [0.2, 0.25) is 0 Å². The summed E-state index contributed by atoms with van der Waals surface area (Å²) in [6.45, 7) is 1.74. The lowest BCUT2D eigenvalue weighted by Crippen LogP contribution is -2.40. The van der Waals surface area contributed by atoms with Crippen molar-refractivity contribution >= 4 is 15.8 Å². The lowest BCUT2D eigenvalue weighted by Gasteiger charge is -2.18. The summed E-state index contributed by atoms with van der Waals surface area (Å²) >= 11 is 0. The Bertz CT molecular complexity index is 1020. The van der Waals surface area contributed by atoms with Crippen LogP contribution in [0.15, 0.2) is 53.4 Å². The molecule has 1 atom stereocenters. The molecule has 1 heterocycles. The second-order valence-corrected chi connectivity index (χ2v) is 9.91. The molecule has 166 valence electrons. The SMILES string of the molecule is O=C(c1ccc(OCCC[C@@H]2CCN(NS(=O)(=O)c3ccccc3F)C2)cc1)C1CC1. The summed E-state index contributed by atoms with van der Waals surface area (Å²) < 4.78 is 44.4. The van der Waals surface area contributed by atoms with E-state index < -0.39 is 15.8 Å². The van der Waals surface area contributed by atoms with Crippen molar-refractivity contribution in [1.82, 2.24) is 9.84 Å². The maximum Gasteiger partial charge on any atom is 0.256 e. The van der Waals surface area contributed by atoms with E-state index in [0.29, 0.717) is 25.6 Å². The van der Waals surface area contributed by atoms with Crippen LogP contribution in [0.25, 0.3) is 0 Å². The number of rotatable bonds is 10. The van der Waals surface area contributed by atoms with Crippen LogP contribution in [0.4, 0.5) is 4.39 Å². The zero-order valence-electron chi connectivity index (χ0n) is 17.3. The van der Waals surface area contributed by atoms with Gasteiger partial charge in [0.2, 0.25) is 0 Å². The molecule has 1 aliphatic carbocycles. The van der Waals surface area contributed by atoms with Crippen molar-refractivity contribution in [3.63, 3.8) is 0 Å². The molecule has 0 unspecified atom stereocenters. The van der Waals surface area contributed by atoms with Crippen molar-refractivity contribution < 1.29 is 22.3 Å². The Morgan fingerprint density at radius 2 is 1.84 bits per heavy atom. The number of halogens is 1. The fourth-order valence-electron chi connectivity index (χ4n) is 3.89. The fraction of sp³-hybridized carbons (Fsp3) is 0.435. The van der Waals surface area contributed by atoms with Gasteiger partial charge in [-0.3, -0.25) is 4.79 Å². The summed E-state index contributed by atoms with van der Waals surface area (Å²) in [5.74, 6) is 0.785. The van der Waals surface area contributed by atoms with E-state index in [1.54, 1.807) is 5.01 Å². The van der Waals surface area contributed by atoms with Crippen LogP contribution in [0.3, 0.4) is 0 Å². The predicted octanol–water partition coefficient (Wildman–Crippen LogP) is 3.79. The van der Waals surface area contributed by atoms with Crippen molar-refractivity contribution in [2.45, 2.75) is 37.0 Å². The second-order valence-electron chi connectivity index (χ2n) is 8.28. The Morgan fingerprint density at radius 1 is 1.10 bits per heavy atom. The summed E-state index contributed by atoms with van der Waals surface area (Å²) in [5.41, 5.74) is 0.749. The van der Waals surface area contributed by atoms with E-state index in [1.807, 2.05) is 24.3 Å². The Morgan fingerprint density at radius 3 is 2.55 bits per heavy atom. The molecule has 1 aliphatic heterocycles. The van der Waals surface area contributed by atoms with Gasteiger partial charge in [0, 0.05) is 24.6 Å². The number of hydrazine groups is 1. The monoisotopic (exact) mass is 446 g/mol. The number of Topliss-reactive ketones (excluding diaryl/α,β-unsaturated/α-hetero) is 1. The van der Waals surface area contributed by atoms with E-state index in [0.717, 1.165) is 49.5 Å². The van der Waals surface area contributed by atoms with Crippen LogP contribution >= 0.6 is 0 Å². The standard InChI is InChI=1S/C23H27FN2O4S/c24-21-5-1-2-6-22(21)31(28,29)25-26-14-13-17(16-26)4-3-15-30-20-11-9-19(10-12-20)23(27)18-7-8-18/h1-2,5-6,9-12,17-18,25H,3-4,7-8,13-16H2/t17-/m1/s1. The average molecular weight is 447 g/mol. The Kier molecular flexibility index (Phi) is 6.69. The maximum absolute atomic E-state index is 13.8. The van der Waals surface area contributed by atoms with E-state index >= 15 is 0 Å². The number of carbonyl (C=O) groups excluding carboxylic acids is 1. The quantitative estimate of drug-likeness (QED) is 0.444. The summed E-state index contributed by atoms with van der Waals surface area (Å²) in [7, 11) is -3.92. The van der Waals surface area contributed by atoms with Gasteiger partial charge in [-0.25, -0.2) is 17.8 Å². The molecule has 2 aromatic carbocycles. The normalized spacial score (nSPS) is 19.5. The lowest BCUT2D eigenvalue weighted by atomic mass is 10.0. The highest BCUT2D eigenvalue weighted by Gasteiger charge is 2.30. The molecular formula is C23H27FN2O4S. The minimum absolute atomic E-state index is 0.217. The highest BCUT2D eigenvalue weighted by molar-refractivity contribution is 7.89. The highest BCUT2D eigenvalue weighted by Crippen LogP contribution is 2.33. The number of nitrogens with one attached hydrogen (secondary N) is 1. The van der Waals surface area contributed by atoms with E-state index in [9.17, 15) is 17.6 Å². The third kappa shape index (κ3) is 5.70. The molecular weight excluding hydrogens is 419 g/mol. The maximum atomic E-state index is 13.8. The largest absolute Gasteiger partial charge is 0.494 e. The molecule has 2 aliphatic rings. The van der Waals surface area contributed by atoms with Crippen LogP contribution in [0.5, 0.6) is 5.75 Å². The number of hydrogen-bond acceptors (Lipinski definition) is 5. The molecule has 6 nitrogen and oxygen atoms in total. The lowest BCUT2D eigenvalue weighted by molar-refractivity contribution is 0.0967. The number of ketones is 1. The van der Waals surface area contributed by atoms with Crippen LogP contribution in [-0.2, 0) is 10.0 Å². The number of carbonyl (C=O) groups is 1. The minimum Gasteiger partial charge on any atom is -0.494 e. The Labute approximate surface area is 182 Å². The van der Waals surface area contributed by atoms with Crippen LogP contribution < -0.4 is 9.57 Å². The molecule has 4 rings (SSSR count). The highest BCUT2D eigenvalue weighted by atomic mass is 32.2. The van der Waals surface area contributed by atoms with Gasteiger partial charge in [-0.1, -0.05) is 12.1 Å². The van der Waals surface area contributed by atoms with Crippen molar-refractivity contribution in [3.05, 3.63) is 59.9 Å². The van der Waals surface area contributed by atoms with Crippen molar-refractivity contribution in [2.24, 2.45) is 11.8 Å². The topological polar surface area (TPSA) is 75.7 Å². The molecule has 2 aromatic rings. The van der Waals surface area contributed by atoms with Gasteiger partial charge in [0.1, 0.15) is 16.5 Å². The average Bonchev–Trinajstić information content (AvgIpc) is 3.52. The third-order valence-corrected chi connectivity index (χ3v) is 7.18. The van der Waals surface area contributed by atoms with Crippen molar-refractivity contribution in [1.29, 1.82) is 0 Å². The van der Waals surface area contributed by atoms with E-state index in [1.165, 1.54) is 18.2 Å². The second kappa shape index (κ2) is 9.46.